The number of para-hydroxylation sites is 1. The molecule has 0 atom stereocenters. The van der Waals surface area contributed by atoms with Crippen LogP contribution in [0.2, 0.25) is 0 Å². The van der Waals surface area contributed by atoms with E-state index in [1.807, 2.05) is 50.2 Å². The molecule has 0 aromatic heterocycles. The zero-order valence-electron chi connectivity index (χ0n) is 12.2. The van der Waals surface area contributed by atoms with E-state index in [-0.39, 0.29) is 6.61 Å². The van der Waals surface area contributed by atoms with Crippen LogP contribution in [-0.2, 0) is 6.54 Å². The van der Waals surface area contributed by atoms with E-state index in [9.17, 15) is 5.11 Å². The van der Waals surface area contributed by atoms with Crippen LogP contribution in [0.3, 0.4) is 0 Å². The minimum atomic E-state index is 0.0361. The van der Waals surface area contributed by atoms with Gasteiger partial charge in [0.15, 0.2) is 6.61 Å². The zero-order chi connectivity index (χ0) is 15.2. The number of phenolic OH excluding ortho intramolecular Hbond substituents is 1. The van der Waals surface area contributed by atoms with Gasteiger partial charge in [-0.3, -0.25) is 0 Å². The van der Waals surface area contributed by atoms with Gasteiger partial charge < -0.3 is 15.2 Å². The number of nitrogens with one attached hydrogen (secondary N) is 1. The highest BCUT2D eigenvalue weighted by Crippen LogP contribution is 2.26. The first-order valence-corrected chi connectivity index (χ1v) is 6.73. The molecule has 0 heterocycles. The topological polar surface area (TPSA) is 65.3 Å². The van der Waals surface area contributed by atoms with Crippen LogP contribution in [0.15, 0.2) is 36.4 Å². The van der Waals surface area contributed by atoms with Crippen molar-refractivity contribution in [3.05, 3.63) is 53.1 Å². The lowest BCUT2D eigenvalue weighted by molar-refractivity contribution is 0.364. The summed E-state index contributed by atoms with van der Waals surface area (Å²) >= 11 is 0. The van der Waals surface area contributed by atoms with Gasteiger partial charge in [0.25, 0.3) is 0 Å². The van der Waals surface area contributed by atoms with Crippen molar-refractivity contribution in [1.82, 2.24) is 0 Å². The maximum atomic E-state index is 9.67. The minimum Gasteiger partial charge on any atom is -0.508 e. The summed E-state index contributed by atoms with van der Waals surface area (Å²) in [7, 11) is 0. The van der Waals surface area contributed by atoms with E-state index in [1.165, 1.54) is 0 Å². The maximum Gasteiger partial charge on any atom is 0.174 e. The third kappa shape index (κ3) is 3.67. The van der Waals surface area contributed by atoms with Gasteiger partial charge in [-0.05, 0) is 43.2 Å². The second kappa shape index (κ2) is 6.67. The highest BCUT2D eigenvalue weighted by Gasteiger charge is 2.06. The van der Waals surface area contributed by atoms with E-state index in [0.717, 1.165) is 22.4 Å². The quantitative estimate of drug-likeness (QED) is 0.823. The highest BCUT2D eigenvalue weighted by molar-refractivity contribution is 5.57. The van der Waals surface area contributed by atoms with Gasteiger partial charge >= 0.3 is 0 Å². The smallest absolute Gasteiger partial charge is 0.174 e. The van der Waals surface area contributed by atoms with Gasteiger partial charge in [0, 0.05) is 17.8 Å². The van der Waals surface area contributed by atoms with Crippen molar-refractivity contribution in [1.29, 1.82) is 5.26 Å². The fourth-order valence-corrected chi connectivity index (χ4v) is 2.08. The Bertz CT molecular complexity index is 675. The molecule has 0 saturated heterocycles. The van der Waals surface area contributed by atoms with Gasteiger partial charge in [-0.15, -0.1) is 0 Å². The Hall–Kier alpha value is -2.67. The van der Waals surface area contributed by atoms with Crippen LogP contribution in [0.4, 0.5) is 5.69 Å². The molecule has 4 nitrogen and oxygen atoms in total. The molecule has 2 N–H and O–H groups in total. The second-order valence-electron chi connectivity index (χ2n) is 4.86. The Labute approximate surface area is 124 Å². The number of phenols is 1. The molecule has 0 aliphatic rings. The fraction of sp³-hybridized carbons (Fsp3) is 0.235. The largest absolute Gasteiger partial charge is 0.508 e. The van der Waals surface area contributed by atoms with Gasteiger partial charge in [0.05, 0.1) is 0 Å². The molecule has 2 rings (SSSR count). The van der Waals surface area contributed by atoms with Crippen molar-refractivity contribution in [2.45, 2.75) is 20.4 Å². The molecule has 21 heavy (non-hydrogen) atoms. The summed E-state index contributed by atoms with van der Waals surface area (Å²) in [4.78, 5) is 0. The monoisotopic (exact) mass is 282 g/mol. The average Bonchev–Trinajstić information content (AvgIpc) is 2.48. The van der Waals surface area contributed by atoms with E-state index in [4.69, 9.17) is 10.00 Å². The number of aromatic hydroxyl groups is 1. The first-order valence-electron chi connectivity index (χ1n) is 6.73. The summed E-state index contributed by atoms with van der Waals surface area (Å²) < 4.78 is 5.41. The highest BCUT2D eigenvalue weighted by atomic mass is 16.5. The molecule has 4 heteroatoms. The van der Waals surface area contributed by atoms with Crippen LogP contribution < -0.4 is 10.1 Å². The number of nitriles is 1. The van der Waals surface area contributed by atoms with E-state index in [0.29, 0.717) is 18.0 Å². The zero-order valence-corrected chi connectivity index (χ0v) is 12.2. The second-order valence-corrected chi connectivity index (χ2v) is 4.86. The Kier molecular flexibility index (Phi) is 4.68. The molecule has 0 amide bonds. The number of ether oxygens (including phenoxy) is 1. The summed E-state index contributed by atoms with van der Waals surface area (Å²) in [5, 5.41) is 21.6. The summed E-state index contributed by atoms with van der Waals surface area (Å²) in [6.07, 6.45) is 0. The van der Waals surface area contributed by atoms with Crippen LogP contribution in [0.1, 0.15) is 16.7 Å². The van der Waals surface area contributed by atoms with Crippen LogP contribution in [0.25, 0.3) is 0 Å². The Morgan fingerprint density at radius 3 is 2.71 bits per heavy atom. The minimum absolute atomic E-state index is 0.0361. The number of anilines is 1. The predicted octanol–water partition coefficient (Wildman–Crippen LogP) is 3.52. The number of nitrogens with zero attached hydrogens (tertiary/aromatic N) is 1. The summed E-state index contributed by atoms with van der Waals surface area (Å²) in [6.45, 7) is 4.44. The molecule has 2 aromatic carbocycles. The van der Waals surface area contributed by atoms with Gasteiger partial charge in [-0.2, -0.15) is 5.26 Å². The summed E-state index contributed by atoms with van der Waals surface area (Å²) in [5.74, 6) is 1.01. The van der Waals surface area contributed by atoms with E-state index in [1.54, 1.807) is 6.07 Å². The lowest BCUT2D eigenvalue weighted by Crippen LogP contribution is -2.04. The Balaban J connectivity index is 2.13. The van der Waals surface area contributed by atoms with Gasteiger partial charge in [0.1, 0.15) is 17.6 Å². The molecule has 0 spiro atoms. The third-order valence-corrected chi connectivity index (χ3v) is 3.28. The van der Waals surface area contributed by atoms with Crippen molar-refractivity contribution in [3.63, 3.8) is 0 Å². The predicted molar refractivity (Wildman–Crippen MR) is 82.5 cm³/mol. The normalized spacial score (nSPS) is 9.95. The van der Waals surface area contributed by atoms with Crippen molar-refractivity contribution in [2.24, 2.45) is 0 Å². The fourth-order valence-electron chi connectivity index (χ4n) is 2.08. The van der Waals surface area contributed by atoms with Crippen LogP contribution in [0.5, 0.6) is 11.5 Å². The maximum absolute atomic E-state index is 9.67. The molecular formula is C17H18N2O2. The summed E-state index contributed by atoms with van der Waals surface area (Å²) in [6, 6.07) is 13.3. The van der Waals surface area contributed by atoms with Crippen LogP contribution in [0, 0.1) is 25.2 Å². The average molecular weight is 282 g/mol. The van der Waals surface area contributed by atoms with Gasteiger partial charge in [-0.1, -0.05) is 18.2 Å². The van der Waals surface area contributed by atoms with Gasteiger partial charge in [-0.25, -0.2) is 0 Å². The Morgan fingerprint density at radius 1 is 1.19 bits per heavy atom. The third-order valence-electron chi connectivity index (χ3n) is 3.28. The molecule has 0 aliphatic heterocycles. The molecule has 0 aliphatic carbocycles. The van der Waals surface area contributed by atoms with Crippen molar-refractivity contribution in [3.8, 4) is 17.6 Å². The van der Waals surface area contributed by atoms with E-state index in [2.05, 4.69) is 5.32 Å². The van der Waals surface area contributed by atoms with Crippen LogP contribution in [-0.4, -0.2) is 11.7 Å². The number of benzene rings is 2. The standard InChI is InChI=1S/C17H18N2O2/c1-12-10-16(20)13(2)9-15(12)19-11-14-5-3-4-6-17(14)21-8-7-18/h3-6,9-10,19-20H,8,11H2,1-2H3. The lowest BCUT2D eigenvalue weighted by Gasteiger charge is -2.14. The number of rotatable bonds is 5. The van der Waals surface area contributed by atoms with Gasteiger partial charge in [0.2, 0.25) is 0 Å². The Morgan fingerprint density at radius 2 is 1.95 bits per heavy atom. The SMILES string of the molecule is Cc1cc(NCc2ccccc2OCC#N)c(C)cc1O. The molecule has 108 valence electrons. The van der Waals surface area contributed by atoms with Crippen molar-refractivity contribution in [2.75, 3.05) is 11.9 Å². The van der Waals surface area contributed by atoms with Crippen molar-refractivity contribution < 1.29 is 9.84 Å². The lowest BCUT2D eigenvalue weighted by atomic mass is 10.1. The molecule has 0 saturated carbocycles. The van der Waals surface area contributed by atoms with E-state index >= 15 is 0 Å². The van der Waals surface area contributed by atoms with Crippen LogP contribution >= 0.6 is 0 Å². The first-order chi connectivity index (χ1) is 10.1. The number of hydrogen-bond donors (Lipinski definition) is 2. The molecule has 0 bridgehead atoms. The van der Waals surface area contributed by atoms with Crippen molar-refractivity contribution >= 4 is 5.69 Å². The molecule has 2 aromatic rings. The van der Waals surface area contributed by atoms with E-state index < -0.39 is 0 Å². The molecule has 0 radical (unpaired) electrons. The number of aryl methyl sites for hydroxylation is 2. The summed E-state index contributed by atoms with van der Waals surface area (Å²) in [5.41, 5.74) is 3.77. The molecule has 0 unspecified atom stereocenters. The molecular weight excluding hydrogens is 264 g/mol. The molecule has 0 fully saturated rings. The number of hydrogen-bond acceptors (Lipinski definition) is 4. The first kappa shape index (κ1) is 14.7.